The second-order valence-corrected chi connectivity index (χ2v) is 9.51. The molecule has 166 valence electrons. The van der Waals surface area contributed by atoms with E-state index in [0.29, 0.717) is 32.1 Å². The summed E-state index contributed by atoms with van der Waals surface area (Å²) in [6, 6.07) is 1.04. The highest BCUT2D eigenvalue weighted by Gasteiger charge is 2.56. The molecule has 1 heterocycles. The Labute approximate surface area is 179 Å². The van der Waals surface area contributed by atoms with Crippen molar-refractivity contribution in [1.82, 2.24) is 9.80 Å². The standard InChI is InChI=1S/C20H27F3N4O2S/c1-19(2)17(29)26(14-8-5-12(10-24)15(9-14)20(21,22)23)18(30)27(19)13-6-3-11(4-7-13)16(25)28/h11-15H,3-9H2,1-2H3,(H2,25,28). The van der Waals surface area contributed by atoms with Crippen molar-refractivity contribution >= 4 is 29.1 Å². The third-order valence-corrected chi connectivity index (χ3v) is 7.39. The van der Waals surface area contributed by atoms with E-state index in [1.54, 1.807) is 19.9 Å². The van der Waals surface area contributed by atoms with Gasteiger partial charge in [-0.05, 0) is 71.0 Å². The molecule has 10 heteroatoms. The molecule has 0 bridgehead atoms. The molecule has 0 radical (unpaired) electrons. The number of rotatable bonds is 3. The molecule has 0 aromatic carbocycles. The number of thiocarbonyl (C=S) groups is 1. The lowest BCUT2D eigenvalue weighted by Gasteiger charge is -2.41. The van der Waals surface area contributed by atoms with Crippen LogP contribution in [0.1, 0.15) is 58.8 Å². The van der Waals surface area contributed by atoms with Crippen molar-refractivity contribution in [3.63, 3.8) is 0 Å². The van der Waals surface area contributed by atoms with Gasteiger partial charge in [0, 0.05) is 18.0 Å². The van der Waals surface area contributed by atoms with E-state index in [1.807, 2.05) is 4.90 Å². The van der Waals surface area contributed by atoms with Crippen LogP contribution < -0.4 is 5.73 Å². The molecule has 3 fully saturated rings. The third-order valence-electron chi connectivity index (χ3n) is 6.99. The molecule has 0 spiro atoms. The van der Waals surface area contributed by atoms with Gasteiger partial charge in [-0.1, -0.05) is 0 Å². The molecule has 0 aromatic heterocycles. The van der Waals surface area contributed by atoms with Gasteiger partial charge in [0.15, 0.2) is 5.11 Å². The van der Waals surface area contributed by atoms with Crippen LogP contribution in [0.15, 0.2) is 0 Å². The van der Waals surface area contributed by atoms with Crippen molar-refractivity contribution in [2.45, 2.75) is 82.6 Å². The van der Waals surface area contributed by atoms with E-state index in [4.69, 9.17) is 23.2 Å². The SMILES string of the molecule is CC1(C)C(=O)N(C2CCC(C#N)C(C(F)(F)F)C2)C(=S)N1C1CCC(C(N)=O)CC1. The fourth-order valence-electron chi connectivity index (χ4n) is 5.29. The average molecular weight is 445 g/mol. The minimum absolute atomic E-state index is 0.0640. The summed E-state index contributed by atoms with van der Waals surface area (Å²) in [5.74, 6) is -3.69. The van der Waals surface area contributed by atoms with E-state index >= 15 is 0 Å². The molecule has 2 saturated carbocycles. The van der Waals surface area contributed by atoms with Crippen LogP contribution in [0.3, 0.4) is 0 Å². The summed E-state index contributed by atoms with van der Waals surface area (Å²) >= 11 is 5.61. The molecule has 2 aliphatic carbocycles. The zero-order valence-corrected chi connectivity index (χ0v) is 17.9. The van der Waals surface area contributed by atoms with Crippen molar-refractivity contribution in [1.29, 1.82) is 5.26 Å². The predicted octanol–water partition coefficient (Wildman–Crippen LogP) is 3.11. The maximum Gasteiger partial charge on any atom is 0.393 e. The molecule has 3 aliphatic rings. The minimum atomic E-state index is -4.49. The first-order valence-corrected chi connectivity index (χ1v) is 10.7. The number of halogens is 3. The van der Waals surface area contributed by atoms with Crippen LogP contribution in [-0.4, -0.2) is 50.5 Å². The maximum atomic E-state index is 13.5. The van der Waals surface area contributed by atoms with Gasteiger partial charge in [-0.15, -0.1) is 0 Å². The summed E-state index contributed by atoms with van der Waals surface area (Å²) in [6.45, 7) is 3.48. The quantitative estimate of drug-likeness (QED) is 0.676. The van der Waals surface area contributed by atoms with Crippen LogP contribution in [0.5, 0.6) is 0 Å². The Hall–Kier alpha value is -1.89. The van der Waals surface area contributed by atoms with Crippen LogP contribution in [0.2, 0.25) is 0 Å². The highest BCUT2D eigenvalue weighted by Crippen LogP contribution is 2.45. The number of hydrogen-bond acceptors (Lipinski definition) is 4. The summed E-state index contributed by atoms with van der Waals surface area (Å²) in [6.07, 6.45) is -1.91. The molecule has 1 saturated heterocycles. The topological polar surface area (TPSA) is 90.4 Å². The Bertz CT molecular complexity index is 771. The average Bonchev–Trinajstić information content (AvgIpc) is 2.85. The number of primary amides is 1. The Morgan fingerprint density at radius 3 is 2.23 bits per heavy atom. The summed E-state index contributed by atoms with van der Waals surface area (Å²) < 4.78 is 40.6. The van der Waals surface area contributed by atoms with Gasteiger partial charge >= 0.3 is 6.18 Å². The Morgan fingerprint density at radius 2 is 1.73 bits per heavy atom. The summed E-state index contributed by atoms with van der Waals surface area (Å²) in [5.41, 5.74) is 4.43. The van der Waals surface area contributed by atoms with Crippen molar-refractivity contribution in [2.75, 3.05) is 0 Å². The van der Waals surface area contributed by atoms with Gasteiger partial charge in [0.05, 0.1) is 17.9 Å². The molecule has 2 amide bonds. The Balaban J connectivity index is 1.81. The molecule has 1 aliphatic heterocycles. The number of hydrogen-bond donors (Lipinski definition) is 1. The molecule has 3 rings (SSSR count). The summed E-state index contributed by atoms with van der Waals surface area (Å²) in [7, 11) is 0. The van der Waals surface area contributed by atoms with E-state index < -0.39 is 29.6 Å². The van der Waals surface area contributed by atoms with E-state index in [0.717, 1.165) is 0 Å². The first kappa shape index (κ1) is 22.8. The van der Waals surface area contributed by atoms with Gasteiger partial charge in [-0.3, -0.25) is 14.5 Å². The van der Waals surface area contributed by atoms with Crippen molar-refractivity contribution in [3.05, 3.63) is 0 Å². The molecule has 3 unspecified atom stereocenters. The predicted molar refractivity (Wildman–Crippen MR) is 107 cm³/mol. The van der Waals surface area contributed by atoms with Crippen LogP contribution in [0, 0.1) is 29.1 Å². The van der Waals surface area contributed by atoms with Gasteiger partial charge in [0.25, 0.3) is 5.91 Å². The van der Waals surface area contributed by atoms with Crippen LogP contribution in [0.4, 0.5) is 13.2 Å². The fraction of sp³-hybridized carbons (Fsp3) is 0.800. The number of nitrogens with two attached hydrogens (primary N) is 1. The van der Waals surface area contributed by atoms with E-state index in [2.05, 4.69) is 0 Å². The number of carbonyl (C=O) groups excluding carboxylic acids is 2. The highest BCUT2D eigenvalue weighted by atomic mass is 32.1. The van der Waals surface area contributed by atoms with Gasteiger partial charge < -0.3 is 10.6 Å². The third kappa shape index (κ3) is 3.88. The number of nitriles is 1. The van der Waals surface area contributed by atoms with Gasteiger partial charge in [-0.2, -0.15) is 18.4 Å². The summed E-state index contributed by atoms with van der Waals surface area (Å²) in [4.78, 5) is 27.9. The van der Waals surface area contributed by atoms with E-state index in [9.17, 15) is 22.8 Å². The van der Waals surface area contributed by atoms with Crippen molar-refractivity contribution in [2.24, 2.45) is 23.5 Å². The fourth-order valence-corrected chi connectivity index (χ4v) is 5.90. The van der Waals surface area contributed by atoms with Crippen LogP contribution in [-0.2, 0) is 9.59 Å². The van der Waals surface area contributed by atoms with Gasteiger partial charge in [0.2, 0.25) is 5.91 Å². The second kappa shape index (κ2) is 7.98. The molecule has 3 atom stereocenters. The lowest BCUT2D eigenvalue weighted by molar-refractivity contribution is -0.194. The zero-order valence-electron chi connectivity index (χ0n) is 17.1. The normalized spacial score (nSPS) is 34.7. The summed E-state index contributed by atoms with van der Waals surface area (Å²) in [5, 5.41) is 9.40. The molecule has 2 N–H and O–H groups in total. The molecule has 6 nitrogen and oxygen atoms in total. The smallest absolute Gasteiger partial charge is 0.369 e. The minimum Gasteiger partial charge on any atom is -0.369 e. The molecule has 30 heavy (non-hydrogen) atoms. The van der Waals surface area contributed by atoms with Crippen molar-refractivity contribution < 1.29 is 22.8 Å². The van der Waals surface area contributed by atoms with E-state index in [1.165, 1.54) is 4.90 Å². The highest BCUT2D eigenvalue weighted by molar-refractivity contribution is 7.80. The second-order valence-electron chi connectivity index (χ2n) is 9.15. The lowest BCUT2D eigenvalue weighted by atomic mass is 9.76. The molecular formula is C20H27F3N4O2S. The first-order chi connectivity index (χ1) is 13.9. The largest absolute Gasteiger partial charge is 0.393 e. The maximum absolute atomic E-state index is 13.5. The lowest BCUT2D eigenvalue weighted by Crippen LogP contribution is -2.51. The monoisotopic (exact) mass is 444 g/mol. The molecule has 0 aromatic rings. The van der Waals surface area contributed by atoms with Gasteiger partial charge in [-0.25, -0.2) is 0 Å². The van der Waals surface area contributed by atoms with Crippen LogP contribution in [0.25, 0.3) is 0 Å². The molecular weight excluding hydrogens is 417 g/mol. The van der Waals surface area contributed by atoms with Crippen molar-refractivity contribution in [3.8, 4) is 6.07 Å². The number of nitrogens with zero attached hydrogens (tertiary/aromatic N) is 3. The van der Waals surface area contributed by atoms with Crippen LogP contribution >= 0.6 is 12.2 Å². The number of carbonyl (C=O) groups is 2. The number of alkyl halides is 3. The van der Waals surface area contributed by atoms with E-state index in [-0.39, 0.29) is 41.7 Å². The Morgan fingerprint density at radius 1 is 1.17 bits per heavy atom. The number of amides is 2. The Kier molecular flexibility index (Phi) is 6.07. The zero-order chi connectivity index (χ0) is 22.4. The van der Waals surface area contributed by atoms with Gasteiger partial charge in [0.1, 0.15) is 5.54 Å². The first-order valence-electron chi connectivity index (χ1n) is 10.3.